The van der Waals surface area contributed by atoms with E-state index < -0.39 is 5.95 Å². The first-order valence-corrected chi connectivity index (χ1v) is 5.63. The van der Waals surface area contributed by atoms with Gasteiger partial charge >= 0.3 is 0 Å². The highest BCUT2D eigenvalue weighted by Gasteiger charge is 2.06. The van der Waals surface area contributed by atoms with Crippen LogP contribution in [0.15, 0.2) is 47.1 Å². The normalized spacial score (nSPS) is 10.0. The molecule has 0 radical (unpaired) electrons. The SMILES string of the molecule is O=C(Nc1cccc(Br)c1)c1ccc(F)nc1. The molecule has 1 amide bonds. The van der Waals surface area contributed by atoms with Gasteiger partial charge in [0.05, 0.1) is 5.56 Å². The fraction of sp³-hybridized carbons (Fsp3) is 0. The minimum atomic E-state index is -0.607. The third kappa shape index (κ3) is 3.10. The van der Waals surface area contributed by atoms with Gasteiger partial charge in [-0.3, -0.25) is 4.79 Å². The Morgan fingerprint density at radius 1 is 1.29 bits per heavy atom. The zero-order chi connectivity index (χ0) is 12.3. The molecule has 86 valence electrons. The van der Waals surface area contributed by atoms with E-state index in [4.69, 9.17) is 0 Å². The number of anilines is 1. The van der Waals surface area contributed by atoms with E-state index in [2.05, 4.69) is 26.2 Å². The van der Waals surface area contributed by atoms with Crippen molar-refractivity contribution in [2.45, 2.75) is 0 Å². The number of rotatable bonds is 2. The van der Waals surface area contributed by atoms with Gasteiger partial charge in [0.2, 0.25) is 5.95 Å². The van der Waals surface area contributed by atoms with Crippen molar-refractivity contribution in [3.05, 3.63) is 58.6 Å². The molecule has 5 heteroatoms. The lowest BCUT2D eigenvalue weighted by atomic mass is 10.2. The number of pyridine rings is 1. The summed E-state index contributed by atoms with van der Waals surface area (Å²) >= 11 is 3.30. The molecule has 0 aliphatic rings. The van der Waals surface area contributed by atoms with Crippen LogP contribution in [0.25, 0.3) is 0 Å². The molecule has 0 aliphatic heterocycles. The number of hydrogen-bond acceptors (Lipinski definition) is 2. The first kappa shape index (κ1) is 11.7. The number of carbonyl (C=O) groups excluding carboxylic acids is 1. The third-order valence-electron chi connectivity index (χ3n) is 2.07. The Morgan fingerprint density at radius 3 is 2.76 bits per heavy atom. The Kier molecular flexibility index (Phi) is 3.49. The van der Waals surface area contributed by atoms with Crippen LogP contribution in [0.1, 0.15) is 10.4 Å². The van der Waals surface area contributed by atoms with Gasteiger partial charge in [-0.15, -0.1) is 0 Å². The lowest BCUT2D eigenvalue weighted by Crippen LogP contribution is -2.12. The first-order valence-electron chi connectivity index (χ1n) is 4.83. The molecule has 0 saturated heterocycles. The fourth-order valence-corrected chi connectivity index (χ4v) is 1.68. The average Bonchev–Trinajstić information content (AvgIpc) is 2.29. The zero-order valence-electron chi connectivity index (χ0n) is 8.65. The van der Waals surface area contributed by atoms with Gasteiger partial charge in [-0.25, -0.2) is 4.98 Å². The highest BCUT2D eigenvalue weighted by atomic mass is 79.9. The molecule has 0 bridgehead atoms. The van der Waals surface area contributed by atoms with Gasteiger partial charge in [0.15, 0.2) is 0 Å². The molecule has 0 atom stereocenters. The summed E-state index contributed by atoms with van der Waals surface area (Å²) in [5, 5.41) is 2.69. The molecule has 1 aromatic carbocycles. The lowest BCUT2D eigenvalue weighted by Gasteiger charge is -2.05. The van der Waals surface area contributed by atoms with Crippen LogP contribution in [-0.4, -0.2) is 10.9 Å². The third-order valence-corrected chi connectivity index (χ3v) is 2.57. The number of aromatic nitrogens is 1. The van der Waals surface area contributed by atoms with Gasteiger partial charge in [0.25, 0.3) is 5.91 Å². The van der Waals surface area contributed by atoms with Crippen molar-refractivity contribution < 1.29 is 9.18 Å². The molecule has 17 heavy (non-hydrogen) atoms. The zero-order valence-corrected chi connectivity index (χ0v) is 10.2. The van der Waals surface area contributed by atoms with Crippen LogP contribution in [0.5, 0.6) is 0 Å². The highest BCUT2D eigenvalue weighted by Crippen LogP contribution is 2.16. The summed E-state index contributed by atoms with van der Waals surface area (Å²) in [4.78, 5) is 15.2. The lowest BCUT2D eigenvalue weighted by molar-refractivity contribution is 0.102. The van der Waals surface area contributed by atoms with Crippen LogP contribution in [0.4, 0.5) is 10.1 Å². The van der Waals surface area contributed by atoms with Crippen molar-refractivity contribution >= 4 is 27.5 Å². The van der Waals surface area contributed by atoms with Crippen molar-refractivity contribution in [1.82, 2.24) is 4.98 Å². The highest BCUT2D eigenvalue weighted by molar-refractivity contribution is 9.10. The van der Waals surface area contributed by atoms with Crippen LogP contribution in [0.3, 0.4) is 0 Å². The van der Waals surface area contributed by atoms with Gasteiger partial charge in [0.1, 0.15) is 0 Å². The molecular weight excluding hydrogens is 287 g/mol. The van der Waals surface area contributed by atoms with E-state index in [1.165, 1.54) is 12.3 Å². The Hall–Kier alpha value is -1.75. The molecule has 0 saturated carbocycles. The van der Waals surface area contributed by atoms with E-state index in [1.807, 2.05) is 12.1 Å². The Balaban J connectivity index is 2.14. The smallest absolute Gasteiger partial charge is 0.257 e. The molecular formula is C12H8BrFN2O. The largest absolute Gasteiger partial charge is 0.322 e. The number of nitrogens with one attached hydrogen (secondary N) is 1. The van der Waals surface area contributed by atoms with Crippen LogP contribution in [0.2, 0.25) is 0 Å². The second-order valence-corrected chi connectivity index (χ2v) is 4.25. The summed E-state index contributed by atoms with van der Waals surface area (Å²) in [6.07, 6.45) is 1.20. The van der Waals surface area contributed by atoms with E-state index in [9.17, 15) is 9.18 Å². The topological polar surface area (TPSA) is 42.0 Å². The maximum Gasteiger partial charge on any atom is 0.257 e. The molecule has 0 fully saturated rings. The second-order valence-electron chi connectivity index (χ2n) is 3.33. The number of nitrogens with zero attached hydrogens (tertiary/aromatic N) is 1. The number of benzene rings is 1. The Labute approximate surface area is 106 Å². The summed E-state index contributed by atoms with van der Waals surface area (Å²) in [5.74, 6) is -0.931. The second kappa shape index (κ2) is 5.05. The van der Waals surface area contributed by atoms with Crippen molar-refractivity contribution in [3.63, 3.8) is 0 Å². The number of carbonyl (C=O) groups is 1. The molecule has 3 nitrogen and oxygen atoms in total. The van der Waals surface area contributed by atoms with Gasteiger partial charge in [-0.05, 0) is 30.3 Å². The van der Waals surface area contributed by atoms with E-state index >= 15 is 0 Å². The van der Waals surface area contributed by atoms with Crippen LogP contribution < -0.4 is 5.32 Å². The van der Waals surface area contributed by atoms with Gasteiger partial charge in [-0.2, -0.15) is 4.39 Å². The van der Waals surface area contributed by atoms with Crippen LogP contribution >= 0.6 is 15.9 Å². The molecule has 2 rings (SSSR count). The van der Waals surface area contributed by atoms with Gasteiger partial charge in [-0.1, -0.05) is 22.0 Å². The monoisotopic (exact) mass is 294 g/mol. The molecule has 0 aliphatic carbocycles. The van der Waals surface area contributed by atoms with Gasteiger partial charge < -0.3 is 5.32 Å². The van der Waals surface area contributed by atoms with Gasteiger partial charge in [0, 0.05) is 16.4 Å². The van der Waals surface area contributed by atoms with Crippen LogP contribution in [0, 0.1) is 5.95 Å². The quantitative estimate of drug-likeness (QED) is 0.864. The van der Waals surface area contributed by atoms with Crippen LogP contribution in [-0.2, 0) is 0 Å². The molecule has 2 aromatic rings. The van der Waals surface area contributed by atoms with E-state index in [0.29, 0.717) is 11.3 Å². The molecule has 1 aromatic heterocycles. The number of halogens is 2. The van der Waals surface area contributed by atoms with E-state index in [0.717, 1.165) is 10.5 Å². The van der Waals surface area contributed by atoms with Crippen molar-refractivity contribution in [2.75, 3.05) is 5.32 Å². The molecule has 1 heterocycles. The first-order chi connectivity index (χ1) is 8.15. The Bertz CT molecular complexity index is 542. The van der Waals surface area contributed by atoms with Crippen molar-refractivity contribution in [1.29, 1.82) is 0 Å². The standard InChI is InChI=1S/C12H8BrFN2O/c13-9-2-1-3-10(6-9)16-12(17)8-4-5-11(14)15-7-8/h1-7H,(H,16,17). The fourth-order valence-electron chi connectivity index (χ4n) is 1.28. The molecule has 1 N–H and O–H groups in total. The summed E-state index contributed by atoms with van der Waals surface area (Å²) in [5.41, 5.74) is 0.972. The average molecular weight is 295 g/mol. The van der Waals surface area contributed by atoms with E-state index in [1.54, 1.807) is 12.1 Å². The molecule has 0 unspecified atom stereocenters. The maximum atomic E-state index is 12.6. The predicted octanol–water partition coefficient (Wildman–Crippen LogP) is 3.24. The predicted molar refractivity (Wildman–Crippen MR) is 66.3 cm³/mol. The maximum absolute atomic E-state index is 12.6. The summed E-state index contributed by atoms with van der Waals surface area (Å²) in [7, 11) is 0. The van der Waals surface area contributed by atoms with E-state index in [-0.39, 0.29) is 5.91 Å². The molecule has 0 spiro atoms. The van der Waals surface area contributed by atoms with Crippen molar-refractivity contribution in [3.8, 4) is 0 Å². The summed E-state index contributed by atoms with van der Waals surface area (Å²) in [6.45, 7) is 0. The number of hydrogen-bond donors (Lipinski definition) is 1. The minimum Gasteiger partial charge on any atom is -0.322 e. The van der Waals surface area contributed by atoms with Crippen molar-refractivity contribution in [2.24, 2.45) is 0 Å². The number of amides is 1. The Morgan fingerprint density at radius 2 is 2.12 bits per heavy atom. The minimum absolute atomic E-state index is 0.311. The summed E-state index contributed by atoms with van der Waals surface area (Å²) < 4.78 is 13.4. The summed E-state index contributed by atoms with van der Waals surface area (Å²) in [6, 6.07) is 9.73.